The molecule has 0 radical (unpaired) electrons. The molecule has 0 unspecified atom stereocenters. The Hall–Kier alpha value is -1.62. The largest absolute Gasteiger partial charge is 0.353 e. The number of hydrogen-bond acceptors (Lipinski definition) is 4. The van der Waals surface area contributed by atoms with Crippen molar-refractivity contribution in [2.75, 3.05) is 31.1 Å². The highest BCUT2D eigenvalue weighted by Crippen LogP contribution is 2.13. The van der Waals surface area contributed by atoms with Gasteiger partial charge in [-0.15, -0.1) is 0 Å². The maximum Gasteiger partial charge on any atom is 0.209 e. The third kappa shape index (κ3) is 2.30. The number of nitrogens with zero attached hydrogens (tertiary/aromatic N) is 3. The van der Waals surface area contributed by atoms with Gasteiger partial charge in [-0.1, -0.05) is 6.07 Å². The van der Waals surface area contributed by atoms with E-state index in [2.05, 4.69) is 9.88 Å². The first-order valence-corrected chi connectivity index (χ1v) is 5.43. The summed E-state index contributed by atoms with van der Waals surface area (Å²) in [5.74, 6) is 0.961. The topological polar surface area (TPSA) is 62.5 Å². The third-order valence-corrected chi connectivity index (χ3v) is 2.83. The summed E-state index contributed by atoms with van der Waals surface area (Å²) in [5.41, 5.74) is 6.55. The van der Waals surface area contributed by atoms with Gasteiger partial charge in [-0.3, -0.25) is 4.79 Å². The second kappa shape index (κ2) is 4.94. The van der Waals surface area contributed by atoms with E-state index >= 15 is 0 Å². The summed E-state index contributed by atoms with van der Waals surface area (Å²) in [6.45, 7) is 3.74. The molecule has 0 aliphatic carbocycles. The Balaban J connectivity index is 1.99. The molecule has 0 saturated carbocycles. The molecule has 86 valence electrons. The summed E-state index contributed by atoms with van der Waals surface area (Å²) < 4.78 is 0. The van der Waals surface area contributed by atoms with Crippen LogP contribution >= 0.6 is 0 Å². The van der Waals surface area contributed by atoms with Crippen LogP contribution in [-0.2, 0) is 11.3 Å². The van der Waals surface area contributed by atoms with E-state index in [0.29, 0.717) is 6.54 Å². The van der Waals surface area contributed by atoms with Gasteiger partial charge in [-0.2, -0.15) is 0 Å². The smallest absolute Gasteiger partial charge is 0.209 e. The van der Waals surface area contributed by atoms with E-state index in [4.69, 9.17) is 5.73 Å². The first-order chi connectivity index (χ1) is 7.83. The predicted molar refractivity (Wildman–Crippen MR) is 62.0 cm³/mol. The number of rotatable bonds is 3. The first kappa shape index (κ1) is 10.9. The average Bonchev–Trinajstić information content (AvgIpc) is 2.39. The number of amides is 1. The van der Waals surface area contributed by atoms with Crippen molar-refractivity contribution in [1.29, 1.82) is 0 Å². The molecule has 16 heavy (non-hydrogen) atoms. The zero-order valence-corrected chi connectivity index (χ0v) is 9.17. The van der Waals surface area contributed by atoms with Gasteiger partial charge in [-0.25, -0.2) is 4.98 Å². The molecule has 1 saturated heterocycles. The van der Waals surface area contributed by atoms with Gasteiger partial charge in [0.1, 0.15) is 5.82 Å². The van der Waals surface area contributed by atoms with Gasteiger partial charge in [0.15, 0.2) is 0 Å². The SMILES string of the molecule is NCc1ccc(N2CCN(C=O)CC2)nc1. The molecule has 2 N–H and O–H groups in total. The first-order valence-electron chi connectivity index (χ1n) is 5.43. The summed E-state index contributed by atoms with van der Waals surface area (Å²) in [7, 11) is 0. The molecular weight excluding hydrogens is 204 g/mol. The van der Waals surface area contributed by atoms with E-state index in [1.165, 1.54) is 0 Å². The molecule has 0 aromatic carbocycles. The van der Waals surface area contributed by atoms with E-state index in [-0.39, 0.29) is 0 Å². The number of pyridine rings is 1. The van der Waals surface area contributed by atoms with Crippen LogP contribution in [-0.4, -0.2) is 42.5 Å². The highest BCUT2D eigenvalue weighted by molar-refractivity contribution is 5.49. The van der Waals surface area contributed by atoms with Crippen LogP contribution in [0.1, 0.15) is 5.56 Å². The quantitative estimate of drug-likeness (QED) is 0.718. The maximum atomic E-state index is 10.6. The number of piperazine rings is 1. The zero-order chi connectivity index (χ0) is 11.4. The minimum Gasteiger partial charge on any atom is -0.353 e. The molecule has 2 rings (SSSR count). The fraction of sp³-hybridized carbons (Fsp3) is 0.455. The summed E-state index contributed by atoms with van der Waals surface area (Å²) in [5, 5.41) is 0. The summed E-state index contributed by atoms with van der Waals surface area (Å²) in [6, 6.07) is 3.98. The molecule has 2 heterocycles. The number of hydrogen-bond donors (Lipinski definition) is 1. The lowest BCUT2D eigenvalue weighted by atomic mass is 10.2. The Morgan fingerprint density at radius 1 is 1.31 bits per heavy atom. The molecular formula is C11H16N4O. The monoisotopic (exact) mass is 220 g/mol. The van der Waals surface area contributed by atoms with E-state index in [1.54, 1.807) is 11.1 Å². The maximum absolute atomic E-state index is 10.6. The molecule has 0 spiro atoms. The highest BCUT2D eigenvalue weighted by Gasteiger charge is 2.16. The number of anilines is 1. The van der Waals surface area contributed by atoms with Gasteiger partial charge in [0, 0.05) is 38.9 Å². The average molecular weight is 220 g/mol. The highest BCUT2D eigenvalue weighted by atomic mass is 16.1. The zero-order valence-electron chi connectivity index (χ0n) is 9.17. The summed E-state index contributed by atoms with van der Waals surface area (Å²) in [4.78, 5) is 18.9. The Morgan fingerprint density at radius 2 is 2.06 bits per heavy atom. The van der Waals surface area contributed by atoms with Crippen molar-refractivity contribution in [2.45, 2.75) is 6.54 Å². The van der Waals surface area contributed by atoms with E-state index < -0.39 is 0 Å². The minimum atomic E-state index is 0.520. The van der Waals surface area contributed by atoms with Crippen LogP contribution in [0.5, 0.6) is 0 Å². The Bertz CT molecular complexity index is 344. The van der Waals surface area contributed by atoms with Crippen molar-refractivity contribution >= 4 is 12.2 Å². The lowest BCUT2D eigenvalue weighted by Gasteiger charge is -2.33. The van der Waals surface area contributed by atoms with Crippen LogP contribution in [0.4, 0.5) is 5.82 Å². The molecule has 1 aromatic heterocycles. The molecule has 1 aliphatic heterocycles. The van der Waals surface area contributed by atoms with Crippen LogP contribution in [0.15, 0.2) is 18.3 Å². The van der Waals surface area contributed by atoms with Crippen LogP contribution in [0.25, 0.3) is 0 Å². The molecule has 0 atom stereocenters. The number of aromatic nitrogens is 1. The van der Waals surface area contributed by atoms with E-state index in [0.717, 1.165) is 44.0 Å². The van der Waals surface area contributed by atoms with Crippen molar-refractivity contribution in [3.8, 4) is 0 Å². The number of carbonyl (C=O) groups excluding carboxylic acids is 1. The van der Waals surface area contributed by atoms with Gasteiger partial charge < -0.3 is 15.5 Å². The molecule has 1 aliphatic rings. The van der Waals surface area contributed by atoms with Gasteiger partial charge in [0.05, 0.1) is 0 Å². The van der Waals surface area contributed by atoms with Crippen LogP contribution < -0.4 is 10.6 Å². The molecule has 0 bridgehead atoms. The van der Waals surface area contributed by atoms with Gasteiger partial charge >= 0.3 is 0 Å². The normalized spacial score (nSPS) is 16.3. The molecule has 5 heteroatoms. The van der Waals surface area contributed by atoms with Gasteiger partial charge in [0.25, 0.3) is 0 Å². The predicted octanol–water partition coefficient (Wildman–Crippen LogP) is -0.181. The summed E-state index contributed by atoms with van der Waals surface area (Å²) in [6.07, 6.45) is 2.71. The lowest BCUT2D eigenvalue weighted by molar-refractivity contribution is -0.118. The number of carbonyl (C=O) groups is 1. The fourth-order valence-electron chi connectivity index (χ4n) is 1.78. The minimum absolute atomic E-state index is 0.520. The van der Waals surface area contributed by atoms with E-state index in [9.17, 15) is 4.79 Å². The Morgan fingerprint density at radius 3 is 2.56 bits per heavy atom. The van der Waals surface area contributed by atoms with Gasteiger partial charge in [0.2, 0.25) is 6.41 Å². The van der Waals surface area contributed by atoms with Crippen molar-refractivity contribution < 1.29 is 4.79 Å². The fourth-order valence-corrected chi connectivity index (χ4v) is 1.78. The molecule has 1 amide bonds. The van der Waals surface area contributed by atoms with Crippen molar-refractivity contribution in [3.63, 3.8) is 0 Å². The Kier molecular flexibility index (Phi) is 3.36. The molecule has 5 nitrogen and oxygen atoms in total. The van der Waals surface area contributed by atoms with Crippen LogP contribution in [0.3, 0.4) is 0 Å². The second-order valence-electron chi connectivity index (χ2n) is 3.86. The Labute approximate surface area is 94.9 Å². The van der Waals surface area contributed by atoms with Crippen molar-refractivity contribution in [3.05, 3.63) is 23.9 Å². The molecule has 1 aromatic rings. The van der Waals surface area contributed by atoms with E-state index in [1.807, 2.05) is 12.1 Å². The summed E-state index contributed by atoms with van der Waals surface area (Å²) >= 11 is 0. The molecule has 1 fully saturated rings. The van der Waals surface area contributed by atoms with Crippen molar-refractivity contribution in [2.24, 2.45) is 5.73 Å². The van der Waals surface area contributed by atoms with Gasteiger partial charge in [-0.05, 0) is 11.6 Å². The third-order valence-electron chi connectivity index (χ3n) is 2.83. The van der Waals surface area contributed by atoms with Crippen LogP contribution in [0, 0.1) is 0 Å². The second-order valence-corrected chi connectivity index (χ2v) is 3.86. The van der Waals surface area contributed by atoms with Crippen LogP contribution in [0.2, 0.25) is 0 Å². The number of nitrogens with two attached hydrogens (primary N) is 1. The lowest BCUT2D eigenvalue weighted by Crippen LogP contribution is -2.46. The standard InChI is InChI=1S/C11H16N4O/c12-7-10-1-2-11(13-8-10)15-5-3-14(9-16)4-6-15/h1-2,8-9H,3-7,12H2. The van der Waals surface area contributed by atoms with Crippen molar-refractivity contribution in [1.82, 2.24) is 9.88 Å².